The first-order valence-electron chi connectivity index (χ1n) is 14.5. The second kappa shape index (κ2) is 9.98. The van der Waals surface area contributed by atoms with E-state index < -0.39 is 30.4 Å². The second-order valence-electron chi connectivity index (χ2n) is 14.1. The van der Waals surface area contributed by atoms with Gasteiger partial charge in [-0.25, -0.2) is 9.59 Å². The van der Waals surface area contributed by atoms with Gasteiger partial charge in [0.2, 0.25) is 0 Å². The number of amides is 2. The molecule has 2 bridgehead atoms. The largest absolute Gasteiger partial charge is 0.482 e. The van der Waals surface area contributed by atoms with Crippen molar-refractivity contribution in [1.82, 2.24) is 10.2 Å². The van der Waals surface area contributed by atoms with E-state index in [9.17, 15) is 9.59 Å². The number of rotatable bonds is 5. The van der Waals surface area contributed by atoms with Crippen LogP contribution in [0.2, 0.25) is 0 Å². The van der Waals surface area contributed by atoms with Gasteiger partial charge in [0.15, 0.2) is 0 Å². The van der Waals surface area contributed by atoms with Crippen LogP contribution in [0.4, 0.5) is 9.59 Å². The molecule has 2 saturated heterocycles. The molecule has 39 heavy (non-hydrogen) atoms. The molecule has 0 radical (unpaired) electrons. The van der Waals surface area contributed by atoms with Gasteiger partial charge in [0, 0.05) is 6.54 Å². The molecule has 2 aliphatic heterocycles. The van der Waals surface area contributed by atoms with Crippen LogP contribution >= 0.6 is 0 Å². The Morgan fingerprint density at radius 2 is 1.87 bits per heavy atom. The second-order valence-corrected chi connectivity index (χ2v) is 14.1. The topological polar surface area (TPSA) is 86.3 Å². The molecule has 1 aromatic rings. The summed E-state index contributed by atoms with van der Waals surface area (Å²) in [4.78, 5) is 27.7. The van der Waals surface area contributed by atoms with E-state index in [1.807, 2.05) is 58.0 Å². The van der Waals surface area contributed by atoms with Crippen molar-refractivity contribution in [2.75, 3.05) is 13.1 Å². The fraction of sp³-hybridized carbons (Fsp3) is 0.733. The zero-order valence-corrected chi connectivity index (χ0v) is 24.6. The smallest absolute Gasteiger partial charge is 0.444 e. The summed E-state index contributed by atoms with van der Waals surface area (Å²) in [5.74, 6) is 0.660. The highest BCUT2D eigenvalue weighted by molar-refractivity contribution is 6.47. The average molecular weight is 541 g/mol. The number of hydrogen-bond donors (Lipinski definition) is 1. The van der Waals surface area contributed by atoms with Crippen LogP contribution in [0.5, 0.6) is 0 Å². The average Bonchev–Trinajstić information content (AvgIpc) is 3.20. The molecular formula is C30H45BN2O6. The van der Waals surface area contributed by atoms with Crippen LogP contribution in [0.15, 0.2) is 30.3 Å². The Balaban J connectivity index is 1.27. The highest BCUT2D eigenvalue weighted by Gasteiger charge is 2.68. The van der Waals surface area contributed by atoms with Crippen LogP contribution in [0.25, 0.3) is 0 Å². The van der Waals surface area contributed by atoms with Gasteiger partial charge in [-0.15, -0.1) is 0 Å². The lowest BCUT2D eigenvalue weighted by molar-refractivity contribution is -0.199. The lowest BCUT2D eigenvalue weighted by Gasteiger charge is -2.64. The minimum absolute atomic E-state index is 0.0219. The highest BCUT2D eigenvalue weighted by Crippen LogP contribution is 2.65. The lowest BCUT2D eigenvalue weighted by Crippen LogP contribution is -2.65. The van der Waals surface area contributed by atoms with Crippen LogP contribution in [0, 0.1) is 17.3 Å². The Hall–Kier alpha value is -2.26. The van der Waals surface area contributed by atoms with E-state index in [0.29, 0.717) is 31.2 Å². The molecule has 0 spiro atoms. The lowest BCUT2D eigenvalue weighted by atomic mass is 9.43. The summed E-state index contributed by atoms with van der Waals surface area (Å²) >= 11 is 0. The number of benzene rings is 1. The number of alkyl carbamates (subject to hydrolysis) is 1. The van der Waals surface area contributed by atoms with Crippen molar-refractivity contribution in [3.63, 3.8) is 0 Å². The fourth-order valence-electron chi connectivity index (χ4n) is 7.33. The zero-order valence-electron chi connectivity index (χ0n) is 24.6. The van der Waals surface area contributed by atoms with Crippen molar-refractivity contribution in [3.05, 3.63) is 35.9 Å². The minimum atomic E-state index is -0.820. The molecule has 5 fully saturated rings. The molecule has 9 heteroatoms. The van der Waals surface area contributed by atoms with Gasteiger partial charge in [-0.2, -0.15) is 0 Å². The summed E-state index contributed by atoms with van der Waals surface area (Å²) in [7, 11) is -0.569. The molecule has 5 aliphatic rings. The first-order valence-corrected chi connectivity index (χ1v) is 14.5. The highest BCUT2D eigenvalue weighted by atomic mass is 16.7. The molecule has 1 aromatic carbocycles. The Morgan fingerprint density at radius 1 is 1.15 bits per heavy atom. The maximum absolute atomic E-state index is 13.4. The zero-order chi connectivity index (χ0) is 28.2. The SMILES string of the molecule is CC(C)(C)OC(=O)N1CCCC(C)(OC(=O)N[C@@H](Cc2ccccc2)B2O[C@@H]3C[C@@H]4C[C@@H](C4(C)C)[C@]3(C)O2)C1. The summed E-state index contributed by atoms with van der Waals surface area (Å²) in [6.07, 6.45) is 3.21. The summed E-state index contributed by atoms with van der Waals surface area (Å²) in [6, 6.07) is 10.1. The summed E-state index contributed by atoms with van der Waals surface area (Å²) in [5.41, 5.74) is -0.454. The number of hydrogen-bond acceptors (Lipinski definition) is 6. The summed E-state index contributed by atoms with van der Waals surface area (Å²) in [5, 5.41) is 3.09. The van der Waals surface area contributed by atoms with Crippen LogP contribution in [0.1, 0.15) is 79.7 Å². The summed E-state index contributed by atoms with van der Waals surface area (Å²) < 4.78 is 24.8. The Labute approximate surface area is 233 Å². The molecule has 3 aliphatic carbocycles. The molecule has 3 saturated carbocycles. The van der Waals surface area contributed by atoms with E-state index >= 15 is 0 Å². The third-order valence-electron chi connectivity index (χ3n) is 9.55. The number of nitrogens with one attached hydrogen (secondary N) is 1. The van der Waals surface area contributed by atoms with E-state index in [-0.39, 0.29) is 29.8 Å². The predicted octanol–water partition coefficient (Wildman–Crippen LogP) is 5.38. The number of piperidine rings is 1. The summed E-state index contributed by atoms with van der Waals surface area (Å²) in [6.45, 7) is 15.1. The molecule has 1 N–H and O–H groups in total. The monoisotopic (exact) mass is 540 g/mol. The number of carbonyl (C=O) groups excluding carboxylic acids is 2. The third kappa shape index (κ3) is 5.67. The maximum atomic E-state index is 13.4. The first-order chi connectivity index (χ1) is 18.2. The van der Waals surface area contributed by atoms with Gasteiger partial charge < -0.3 is 29.0 Å². The van der Waals surface area contributed by atoms with Crippen LogP contribution in [-0.2, 0) is 25.2 Å². The molecule has 6 rings (SSSR count). The van der Waals surface area contributed by atoms with Crippen molar-refractivity contribution < 1.29 is 28.4 Å². The van der Waals surface area contributed by atoms with E-state index in [0.717, 1.165) is 18.4 Å². The molecule has 0 aromatic heterocycles. The molecule has 1 unspecified atom stereocenters. The quantitative estimate of drug-likeness (QED) is 0.505. The van der Waals surface area contributed by atoms with Crippen LogP contribution < -0.4 is 5.32 Å². The maximum Gasteiger partial charge on any atom is 0.482 e. The van der Waals surface area contributed by atoms with E-state index in [2.05, 4.69) is 26.1 Å². The van der Waals surface area contributed by atoms with Gasteiger partial charge in [-0.05, 0) is 89.5 Å². The van der Waals surface area contributed by atoms with Gasteiger partial charge in [-0.3, -0.25) is 0 Å². The molecular weight excluding hydrogens is 495 g/mol. The molecule has 6 atom stereocenters. The normalized spacial score (nSPS) is 34.0. The van der Waals surface area contributed by atoms with E-state index in [1.54, 1.807) is 4.90 Å². The Morgan fingerprint density at radius 3 is 2.54 bits per heavy atom. The van der Waals surface area contributed by atoms with Gasteiger partial charge in [0.05, 0.1) is 24.2 Å². The minimum Gasteiger partial charge on any atom is -0.444 e. The third-order valence-corrected chi connectivity index (χ3v) is 9.55. The number of nitrogens with zero attached hydrogens (tertiary/aromatic N) is 1. The van der Waals surface area contributed by atoms with Crippen LogP contribution in [-0.4, -0.2) is 66.1 Å². The molecule has 2 heterocycles. The molecule has 214 valence electrons. The Kier molecular flexibility index (Phi) is 7.24. The number of carbonyl (C=O) groups is 2. The Bertz CT molecular complexity index is 1080. The van der Waals surface area contributed by atoms with Crippen molar-refractivity contribution >= 4 is 19.3 Å². The number of ether oxygens (including phenoxy) is 2. The first kappa shape index (κ1) is 28.3. The van der Waals surface area contributed by atoms with E-state index in [4.69, 9.17) is 18.8 Å². The van der Waals surface area contributed by atoms with Gasteiger partial charge >= 0.3 is 19.3 Å². The van der Waals surface area contributed by atoms with Crippen molar-refractivity contribution in [3.8, 4) is 0 Å². The molecule has 8 nitrogen and oxygen atoms in total. The standard InChI is InChI=1S/C30H45BN2O6/c1-27(2,3)37-26(35)33-15-11-14-29(6,19-33)36-25(34)32-24(16-20-12-9-8-10-13-20)31-38-23-18-21-17-22(28(21,4)5)30(23,7)39-31/h8-10,12-13,21-24H,11,14-19H2,1-7H3,(H,32,34)/t21-,22-,23+,24-,29?,30-/m0/s1. The number of likely N-dealkylation sites (tertiary alicyclic amines) is 1. The van der Waals surface area contributed by atoms with E-state index in [1.165, 1.54) is 6.42 Å². The van der Waals surface area contributed by atoms with Crippen molar-refractivity contribution in [2.24, 2.45) is 17.3 Å². The van der Waals surface area contributed by atoms with Crippen LogP contribution in [0.3, 0.4) is 0 Å². The van der Waals surface area contributed by atoms with Gasteiger partial charge in [0.1, 0.15) is 11.2 Å². The fourth-order valence-corrected chi connectivity index (χ4v) is 7.33. The predicted molar refractivity (Wildman–Crippen MR) is 149 cm³/mol. The molecule has 2 amide bonds. The van der Waals surface area contributed by atoms with Gasteiger partial charge in [0.25, 0.3) is 0 Å². The van der Waals surface area contributed by atoms with Crippen molar-refractivity contribution in [2.45, 2.75) is 109 Å². The van der Waals surface area contributed by atoms with Crippen molar-refractivity contribution in [1.29, 1.82) is 0 Å². The van der Waals surface area contributed by atoms with Gasteiger partial charge in [-0.1, -0.05) is 44.2 Å².